The minimum Gasteiger partial charge on any atom is -0.484 e. The van der Waals surface area contributed by atoms with Crippen molar-refractivity contribution in [1.29, 1.82) is 0 Å². The third-order valence-electron chi connectivity index (χ3n) is 3.20. The monoisotopic (exact) mass is 355 g/mol. The molecule has 3 aromatic rings. The molecule has 0 aliphatic carbocycles. The molecule has 1 heterocycles. The number of hydrogen-bond acceptors (Lipinski definition) is 6. The van der Waals surface area contributed by atoms with Crippen LogP contribution in [0.3, 0.4) is 0 Å². The minimum atomic E-state index is -0.736. The highest BCUT2D eigenvalue weighted by atomic mass is 19.1. The third-order valence-corrected chi connectivity index (χ3v) is 3.20. The highest BCUT2D eigenvalue weighted by molar-refractivity contribution is 5.82. The van der Waals surface area contributed by atoms with Crippen LogP contribution in [0.4, 0.5) is 9.18 Å². The number of nitrogens with zero attached hydrogens (tertiary/aromatic N) is 3. The summed E-state index contributed by atoms with van der Waals surface area (Å²) in [4.78, 5) is 14.8. The van der Waals surface area contributed by atoms with Crippen molar-refractivity contribution < 1.29 is 18.4 Å². The zero-order chi connectivity index (χ0) is 18.4. The number of nitrogens with two attached hydrogens (primary N) is 1. The number of carbonyl (C=O) groups is 1. The quantitative estimate of drug-likeness (QED) is 0.520. The second kappa shape index (κ2) is 7.88. The van der Waals surface area contributed by atoms with Crippen molar-refractivity contribution >= 4 is 12.2 Å². The standard InChI is InChI=1S/C17H14FN5O3/c18-13-5-7-14(8-6-13)25-10-15-21-16(23-26-15)12-3-1-11(2-4-12)9-20-22-17(19)24/h1-9H,10H2,(H3,19,22,24). The number of hydrazone groups is 1. The van der Waals surface area contributed by atoms with Crippen molar-refractivity contribution in [2.75, 3.05) is 0 Å². The number of carbonyl (C=O) groups excluding carboxylic acids is 1. The molecule has 3 rings (SSSR count). The van der Waals surface area contributed by atoms with Gasteiger partial charge in [0.05, 0.1) is 6.21 Å². The van der Waals surface area contributed by atoms with Gasteiger partial charge in [-0.3, -0.25) is 0 Å². The molecule has 0 saturated carbocycles. The van der Waals surface area contributed by atoms with Crippen LogP contribution in [0.15, 0.2) is 58.2 Å². The maximum Gasteiger partial charge on any atom is 0.332 e. The number of nitrogens with one attached hydrogen (secondary N) is 1. The molecule has 8 nitrogen and oxygen atoms in total. The van der Waals surface area contributed by atoms with Gasteiger partial charge in [-0.25, -0.2) is 14.6 Å². The molecule has 26 heavy (non-hydrogen) atoms. The Labute approximate surface area is 147 Å². The smallest absolute Gasteiger partial charge is 0.332 e. The number of amides is 2. The van der Waals surface area contributed by atoms with Gasteiger partial charge in [0.2, 0.25) is 5.82 Å². The lowest BCUT2D eigenvalue weighted by atomic mass is 10.1. The van der Waals surface area contributed by atoms with Crippen LogP contribution in [0.1, 0.15) is 11.5 Å². The molecule has 0 fully saturated rings. The zero-order valence-corrected chi connectivity index (χ0v) is 13.4. The average molecular weight is 355 g/mol. The number of aromatic nitrogens is 2. The van der Waals surface area contributed by atoms with E-state index in [0.717, 1.165) is 11.1 Å². The summed E-state index contributed by atoms with van der Waals surface area (Å²) in [5, 5.41) is 7.56. The van der Waals surface area contributed by atoms with Gasteiger partial charge in [-0.05, 0) is 29.8 Å². The van der Waals surface area contributed by atoms with Crippen molar-refractivity contribution in [2.45, 2.75) is 6.61 Å². The molecule has 0 unspecified atom stereocenters. The first-order valence-electron chi connectivity index (χ1n) is 7.50. The van der Waals surface area contributed by atoms with E-state index in [2.05, 4.69) is 20.7 Å². The molecular weight excluding hydrogens is 341 g/mol. The Kier molecular flexibility index (Phi) is 5.18. The van der Waals surface area contributed by atoms with Crippen LogP contribution in [0.2, 0.25) is 0 Å². The molecule has 2 amide bonds. The van der Waals surface area contributed by atoms with E-state index in [1.54, 1.807) is 24.3 Å². The van der Waals surface area contributed by atoms with Gasteiger partial charge in [-0.2, -0.15) is 10.1 Å². The minimum absolute atomic E-state index is 0.0716. The number of primary amides is 1. The van der Waals surface area contributed by atoms with Gasteiger partial charge in [0, 0.05) is 5.56 Å². The molecular formula is C17H14FN5O3. The first kappa shape index (κ1) is 17.1. The van der Waals surface area contributed by atoms with E-state index in [1.807, 2.05) is 0 Å². The fourth-order valence-electron chi connectivity index (χ4n) is 2.00. The maximum absolute atomic E-state index is 12.8. The van der Waals surface area contributed by atoms with Crippen molar-refractivity contribution in [3.63, 3.8) is 0 Å². The van der Waals surface area contributed by atoms with Crippen LogP contribution in [0.5, 0.6) is 5.75 Å². The van der Waals surface area contributed by atoms with Crippen LogP contribution in [-0.4, -0.2) is 22.4 Å². The van der Waals surface area contributed by atoms with E-state index in [9.17, 15) is 9.18 Å². The highest BCUT2D eigenvalue weighted by Gasteiger charge is 2.09. The first-order chi connectivity index (χ1) is 12.6. The summed E-state index contributed by atoms with van der Waals surface area (Å²) in [6.45, 7) is 0.0716. The van der Waals surface area contributed by atoms with Crippen molar-refractivity contribution in [3.8, 4) is 17.1 Å². The lowest BCUT2D eigenvalue weighted by Gasteiger charge is -2.01. The summed E-state index contributed by atoms with van der Waals surface area (Å²) in [6, 6.07) is 12.0. The summed E-state index contributed by atoms with van der Waals surface area (Å²) >= 11 is 0. The zero-order valence-electron chi connectivity index (χ0n) is 13.4. The Bertz CT molecular complexity index is 907. The normalized spacial score (nSPS) is 10.8. The summed E-state index contributed by atoms with van der Waals surface area (Å²) in [6.07, 6.45) is 1.45. The Morgan fingerprint density at radius 2 is 1.96 bits per heavy atom. The van der Waals surface area contributed by atoms with Gasteiger partial charge in [0.25, 0.3) is 5.89 Å². The molecule has 0 aliphatic heterocycles. The number of ether oxygens (including phenoxy) is 1. The molecule has 0 aliphatic rings. The van der Waals surface area contributed by atoms with Gasteiger partial charge in [0.15, 0.2) is 6.61 Å². The van der Waals surface area contributed by atoms with Crippen LogP contribution in [0.25, 0.3) is 11.4 Å². The molecule has 0 atom stereocenters. The molecule has 3 N–H and O–H groups in total. The Hall–Kier alpha value is -3.75. The van der Waals surface area contributed by atoms with Crippen LogP contribution >= 0.6 is 0 Å². The lowest BCUT2D eigenvalue weighted by Crippen LogP contribution is -2.24. The first-order valence-corrected chi connectivity index (χ1v) is 7.50. The van der Waals surface area contributed by atoms with Gasteiger partial charge in [-0.15, -0.1) is 0 Å². The summed E-state index contributed by atoms with van der Waals surface area (Å²) in [5.41, 5.74) is 8.51. The Morgan fingerprint density at radius 1 is 1.23 bits per heavy atom. The van der Waals surface area contributed by atoms with E-state index >= 15 is 0 Å². The predicted molar refractivity (Wildman–Crippen MR) is 90.8 cm³/mol. The number of hydrogen-bond donors (Lipinski definition) is 2. The van der Waals surface area contributed by atoms with Crippen molar-refractivity contribution in [3.05, 3.63) is 65.8 Å². The third kappa shape index (κ3) is 4.63. The van der Waals surface area contributed by atoms with E-state index in [1.165, 1.54) is 30.5 Å². The molecule has 132 valence electrons. The van der Waals surface area contributed by atoms with Crippen molar-refractivity contribution in [2.24, 2.45) is 10.8 Å². The highest BCUT2D eigenvalue weighted by Crippen LogP contribution is 2.17. The molecule has 0 spiro atoms. The van der Waals surface area contributed by atoms with Gasteiger partial charge < -0.3 is 15.0 Å². The SMILES string of the molecule is NC(=O)NN=Cc1ccc(-c2noc(COc3ccc(F)cc3)n2)cc1. The van der Waals surface area contributed by atoms with E-state index in [4.69, 9.17) is 15.0 Å². The van der Waals surface area contributed by atoms with Crippen LogP contribution in [0, 0.1) is 5.82 Å². The Morgan fingerprint density at radius 3 is 2.65 bits per heavy atom. The van der Waals surface area contributed by atoms with E-state index in [0.29, 0.717) is 17.5 Å². The number of halogens is 1. The molecule has 0 radical (unpaired) electrons. The average Bonchev–Trinajstić information content (AvgIpc) is 3.11. The number of rotatable bonds is 6. The fourth-order valence-corrected chi connectivity index (χ4v) is 2.00. The Balaban J connectivity index is 1.61. The largest absolute Gasteiger partial charge is 0.484 e. The summed E-state index contributed by atoms with van der Waals surface area (Å²) in [7, 11) is 0. The summed E-state index contributed by atoms with van der Waals surface area (Å²) in [5.74, 6) is 0.859. The molecule has 9 heteroatoms. The van der Waals surface area contributed by atoms with Gasteiger partial charge in [0.1, 0.15) is 11.6 Å². The molecule has 1 aromatic heterocycles. The number of benzene rings is 2. The molecule has 0 bridgehead atoms. The second-order valence-corrected chi connectivity index (χ2v) is 5.11. The van der Waals surface area contributed by atoms with Crippen LogP contribution < -0.4 is 15.9 Å². The maximum atomic E-state index is 12.8. The van der Waals surface area contributed by atoms with Gasteiger partial charge >= 0.3 is 6.03 Å². The van der Waals surface area contributed by atoms with Crippen LogP contribution in [-0.2, 0) is 6.61 Å². The number of urea groups is 1. The van der Waals surface area contributed by atoms with Gasteiger partial charge in [-0.1, -0.05) is 29.4 Å². The van der Waals surface area contributed by atoms with E-state index < -0.39 is 6.03 Å². The second-order valence-electron chi connectivity index (χ2n) is 5.11. The molecule has 2 aromatic carbocycles. The van der Waals surface area contributed by atoms with Crippen molar-refractivity contribution in [1.82, 2.24) is 15.6 Å². The topological polar surface area (TPSA) is 116 Å². The molecule has 0 saturated heterocycles. The predicted octanol–water partition coefficient (Wildman–Crippen LogP) is 2.46. The lowest BCUT2D eigenvalue weighted by molar-refractivity contribution is 0.242. The summed E-state index contributed by atoms with van der Waals surface area (Å²) < 4.78 is 23.4. The fraction of sp³-hybridized carbons (Fsp3) is 0.0588. The van der Waals surface area contributed by atoms with E-state index in [-0.39, 0.29) is 12.4 Å².